The molecule has 0 aliphatic rings. The zero-order valence-corrected chi connectivity index (χ0v) is 5.11. The molecule has 0 aliphatic heterocycles. The summed E-state index contributed by atoms with van der Waals surface area (Å²) >= 11 is 0. The first-order valence-corrected chi connectivity index (χ1v) is 2.29. The molecule has 5 heteroatoms. The molecule has 0 amide bonds. The van der Waals surface area contributed by atoms with Crippen LogP contribution in [-0.4, -0.2) is 19.3 Å². The Morgan fingerprint density at radius 2 is 2.00 bits per heavy atom. The number of hydrogen-bond donors (Lipinski definition) is 0. The molecule has 0 saturated heterocycles. The summed E-state index contributed by atoms with van der Waals surface area (Å²) in [5.74, 6) is -1.02. The molecule has 0 heterocycles. The third-order valence-corrected chi connectivity index (χ3v) is 0.610. The normalized spacial score (nSPS) is 12.0. The molecule has 0 bridgehead atoms. The van der Waals surface area contributed by atoms with Crippen molar-refractivity contribution in [2.75, 3.05) is 7.11 Å². The summed E-state index contributed by atoms with van der Waals surface area (Å²) in [5.41, 5.74) is 0. The van der Waals surface area contributed by atoms with Crippen molar-refractivity contribution in [3.63, 3.8) is 0 Å². The highest BCUT2D eigenvalue weighted by Crippen LogP contribution is 2.15. The largest absolute Gasteiger partial charge is 0.466 e. The van der Waals surface area contributed by atoms with Gasteiger partial charge in [-0.2, -0.15) is 13.2 Å². The molecule has 0 aromatic carbocycles. The van der Waals surface area contributed by atoms with E-state index >= 15 is 0 Å². The number of halogens is 3. The second-order valence-corrected chi connectivity index (χ2v) is 1.40. The minimum absolute atomic E-state index is 0.182. The van der Waals surface area contributed by atoms with Crippen LogP contribution < -0.4 is 0 Å². The molecule has 0 aromatic heterocycles. The summed E-state index contributed by atoms with van der Waals surface area (Å²) in [7, 11) is 1.00. The molecule has 58 valence electrons. The number of hydrogen-bond acceptors (Lipinski definition) is 2. The maximum Gasteiger partial charge on any atom is 0.410 e. The molecule has 0 atom stereocenters. The van der Waals surface area contributed by atoms with Gasteiger partial charge in [-0.3, -0.25) is 0 Å². The first-order valence-electron chi connectivity index (χ1n) is 2.29. The van der Waals surface area contributed by atoms with Crippen molar-refractivity contribution in [3.05, 3.63) is 12.2 Å². The molecule has 0 N–H and O–H groups in total. The molecular formula is C5H5F3O2. The predicted molar refractivity (Wildman–Crippen MR) is 27.2 cm³/mol. The van der Waals surface area contributed by atoms with E-state index in [9.17, 15) is 18.0 Å². The Hall–Kier alpha value is -1.00. The smallest absolute Gasteiger partial charge is 0.410 e. The summed E-state index contributed by atoms with van der Waals surface area (Å²) in [4.78, 5) is 10.0. The van der Waals surface area contributed by atoms with Crippen molar-refractivity contribution in [1.82, 2.24) is 0 Å². The quantitative estimate of drug-likeness (QED) is 0.420. The molecule has 0 rings (SSSR count). The van der Waals surface area contributed by atoms with Crippen LogP contribution in [0.25, 0.3) is 0 Å². The topological polar surface area (TPSA) is 26.3 Å². The number of carbonyl (C=O) groups excluding carboxylic acids is 1. The van der Waals surface area contributed by atoms with Crippen molar-refractivity contribution < 1.29 is 22.7 Å². The minimum Gasteiger partial charge on any atom is -0.466 e. The fourth-order valence-corrected chi connectivity index (χ4v) is 0.231. The number of ether oxygens (including phenoxy) is 1. The van der Waals surface area contributed by atoms with Crippen LogP contribution in [0, 0.1) is 0 Å². The van der Waals surface area contributed by atoms with E-state index in [4.69, 9.17) is 0 Å². The second-order valence-electron chi connectivity index (χ2n) is 1.40. The Morgan fingerprint density at radius 3 is 2.30 bits per heavy atom. The maximum absolute atomic E-state index is 11.3. The zero-order valence-electron chi connectivity index (χ0n) is 5.11. The highest BCUT2D eigenvalue weighted by molar-refractivity contribution is 5.81. The number of rotatable bonds is 1. The molecule has 2 nitrogen and oxygen atoms in total. The van der Waals surface area contributed by atoms with Gasteiger partial charge in [0.05, 0.1) is 7.11 Å². The van der Waals surface area contributed by atoms with Crippen molar-refractivity contribution in [2.24, 2.45) is 0 Å². The van der Waals surface area contributed by atoms with Gasteiger partial charge in [-0.15, -0.1) is 0 Å². The van der Waals surface area contributed by atoms with Crippen molar-refractivity contribution in [1.29, 1.82) is 0 Å². The van der Waals surface area contributed by atoms with Crippen LogP contribution in [0.5, 0.6) is 0 Å². The lowest BCUT2D eigenvalue weighted by Gasteiger charge is -1.95. The van der Waals surface area contributed by atoms with E-state index in [1.54, 1.807) is 0 Å². The molecule has 0 saturated carbocycles. The van der Waals surface area contributed by atoms with E-state index < -0.39 is 12.1 Å². The van der Waals surface area contributed by atoms with Crippen LogP contribution >= 0.6 is 0 Å². The number of allylic oxidation sites excluding steroid dienone is 1. The fraction of sp³-hybridized carbons (Fsp3) is 0.400. The third kappa shape index (κ3) is 5.14. The summed E-state index contributed by atoms with van der Waals surface area (Å²) in [5, 5.41) is 0. The Labute approximate surface area is 55.3 Å². The summed E-state index contributed by atoms with van der Waals surface area (Å²) in [6.07, 6.45) is -4.31. The lowest BCUT2D eigenvalue weighted by atomic mass is 10.5. The van der Waals surface area contributed by atoms with Gasteiger partial charge in [-0.25, -0.2) is 4.79 Å². The summed E-state index contributed by atoms with van der Waals surface area (Å²) in [6.45, 7) is 0. The molecule has 0 aromatic rings. The Kier molecular flexibility index (Phi) is 2.92. The minimum atomic E-state index is -4.45. The van der Waals surface area contributed by atoms with E-state index in [2.05, 4.69) is 4.74 Å². The van der Waals surface area contributed by atoms with Crippen LogP contribution in [0.2, 0.25) is 0 Å². The number of carbonyl (C=O) groups is 1. The molecule has 0 spiro atoms. The summed E-state index contributed by atoms with van der Waals surface area (Å²) in [6, 6.07) is 0. The van der Waals surface area contributed by atoms with Crippen LogP contribution in [0.3, 0.4) is 0 Å². The second kappa shape index (κ2) is 3.24. The monoisotopic (exact) mass is 154 g/mol. The van der Waals surface area contributed by atoms with Gasteiger partial charge in [-0.05, 0) is 0 Å². The standard InChI is InChI=1S/C5H5F3O2/c1-10-4(9)2-3-5(6,7)8/h2-3H,1H3. The van der Waals surface area contributed by atoms with Gasteiger partial charge >= 0.3 is 12.1 Å². The molecule has 0 unspecified atom stereocenters. The van der Waals surface area contributed by atoms with Gasteiger partial charge in [-0.1, -0.05) is 0 Å². The number of methoxy groups -OCH3 is 1. The van der Waals surface area contributed by atoms with E-state index in [1.165, 1.54) is 0 Å². The van der Waals surface area contributed by atoms with E-state index in [1.807, 2.05) is 0 Å². The van der Waals surface area contributed by atoms with Gasteiger partial charge in [0.2, 0.25) is 0 Å². The predicted octanol–water partition coefficient (Wildman–Crippen LogP) is 1.28. The van der Waals surface area contributed by atoms with Crippen molar-refractivity contribution in [3.8, 4) is 0 Å². The highest BCUT2D eigenvalue weighted by atomic mass is 19.4. The highest BCUT2D eigenvalue weighted by Gasteiger charge is 2.22. The van der Waals surface area contributed by atoms with E-state index in [0.717, 1.165) is 7.11 Å². The van der Waals surface area contributed by atoms with Gasteiger partial charge < -0.3 is 4.74 Å². The summed E-state index contributed by atoms with van der Waals surface area (Å²) < 4.78 is 37.7. The van der Waals surface area contributed by atoms with Crippen LogP contribution in [0.1, 0.15) is 0 Å². The molecule has 0 aliphatic carbocycles. The fourth-order valence-electron chi connectivity index (χ4n) is 0.231. The van der Waals surface area contributed by atoms with Crippen LogP contribution in [0.4, 0.5) is 13.2 Å². The van der Waals surface area contributed by atoms with Crippen molar-refractivity contribution >= 4 is 5.97 Å². The van der Waals surface area contributed by atoms with Gasteiger partial charge in [0.15, 0.2) is 0 Å². The van der Waals surface area contributed by atoms with Crippen molar-refractivity contribution in [2.45, 2.75) is 6.18 Å². The molecular weight excluding hydrogens is 149 g/mol. The number of alkyl halides is 3. The molecule has 0 fully saturated rings. The van der Waals surface area contributed by atoms with Gasteiger partial charge in [0.1, 0.15) is 0 Å². The maximum atomic E-state index is 11.3. The first kappa shape index (κ1) is 9.00. The SMILES string of the molecule is COC(=O)C=CC(F)(F)F. The molecule has 0 radical (unpaired) electrons. The van der Waals surface area contributed by atoms with E-state index in [0.29, 0.717) is 6.08 Å². The lowest BCUT2D eigenvalue weighted by molar-refractivity contribution is -0.135. The Bertz CT molecular complexity index is 147. The van der Waals surface area contributed by atoms with Gasteiger partial charge in [0, 0.05) is 12.2 Å². The average molecular weight is 154 g/mol. The van der Waals surface area contributed by atoms with Crippen LogP contribution in [0.15, 0.2) is 12.2 Å². The Balaban J connectivity index is 3.88. The zero-order chi connectivity index (χ0) is 8.20. The van der Waals surface area contributed by atoms with Crippen LogP contribution in [-0.2, 0) is 9.53 Å². The third-order valence-electron chi connectivity index (χ3n) is 0.610. The molecule has 10 heavy (non-hydrogen) atoms. The Morgan fingerprint density at radius 1 is 1.50 bits per heavy atom. The number of esters is 1. The first-order chi connectivity index (χ1) is 4.45. The average Bonchev–Trinajstić information content (AvgIpc) is 1.81. The van der Waals surface area contributed by atoms with Gasteiger partial charge in [0.25, 0.3) is 0 Å². The lowest BCUT2D eigenvalue weighted by Crippen LogP contribution is -2.03. The van der Waals surface area contributed by atoms with E-state index in [-0.39, 0.29) is 6.08 Å².